The summed E-state index contributed by atoms with van der Waals surface area (Å²) in [5.41, 5.74) is 0.257. The monoisotopic (exact) mass is 328 g/mol. The number of sulfonamides is 1. The molecule has 1 rings (SSSR count). The van der Waals surface area contributed by atoms with Crippen LogP contribution in [0.4, 0.5) is 4.79 Å². The van der Waals surface area contributed by atoms with Crippen LogP contribution in [-0.2, 0) is 21.3 Å². The van der Waals surface area contributed by atoms with Gasteiger partial charge in [0.25, 0.3) is 0 Å². The fourth-order valence-corrected chi connectivity index (χ4v) is 2.97. The molecule has 0 radical (unpaired) electrons. The second kappa shape index (κ2) is 7.60. The van der Waals surface area contributed by atoms with Crippen molar-refractivity contribution >= 4 is 16.1 Å². The Morgan fingerprint density at radius 2 is 1.82 bits per heavy atom. The minimum atomic E-state index is -3.49. The van der Waals surface area contributed by atoms with Crippen molar-refractivity contribution in [3.05, 3.63) is 35.9 Å². The second-order valence-electron chi connectivity index (χ2n) is 6.14. The second-order valence-corrected chi connectivity index (χ2v) is 7.99. The molecule has 1 atom stereocenters. The zero-order chi connectivity index (χ0) is 16.8. The normalized spacial score (nSPS) is 13.5. The highest BCUT2D eigenvalue weighted by molar-refractivity contribution is 7.89. The van der Waals surface area contributed by atoms with E-state index in [-0.39, 0.29) is 12.3 Å². The lowest BCUT2D eigenvalue weighted by Crippen LogP contribution is -2.43. The standard InChI is InChI=1S/C15H24N2O4S/c1-12(17-14(18)21-15(2,3)4)11-22(19,20)16-10-13-8-6-5-7-9-13/h5-9,12,16H,10-11H2,1-4H3,(H,17,18)/t12-/m0/s1. The summed E-state index contributed by atoms with van der Waals surface area (Å²) in [6, 6.07) is 8.68. The van der Waals surface area contributed by atoms with Crippen molar-refractivity contribution in [1.29, 1.82) is 0 Å². The number of amides is 1. The van der Waals surface area contributed by atoms with Gasteiger partial charge in [-0.25, -0.2) is 17.9 Å². The number of nitrogens with one attached hydrogen (secondary N) is 2. The van der Waals surface area contributed by atoms with Gasteiger partial charge >= 0.3 is 6.09 Å². The first-order valence-corrected chi connectivity index (χ1v) is 8.73. The Hall–Kier alpha value is -1.60. The van der Waals surface area contributed by atoms with E-state index in [9.17, 15) is 13.2 Å². The Labute approximate surface area is 132 Å². The molecule has 0 saturated heterocycles. The maximum Gasteiger partial charge on any atom is 0.407 e. The molecule has 7 heteroatoms. The summed E-state index contributed by atoms with van der Waals surface area (Å²) in [4.78, 5) is 11.6. The van der Waals surface area contributed by atoms with Gasteiger partial charge < -0.3 is 10.1 Å². The van der Waals surface area contributed by atoms with Crippen LogP contribution in [-0.4, -0.2) is 31.9 Å². The quantitative estimate of drug-likeness (QED) is 0.837. The fraction of sp³-hybridized carbons (Fsp3) is 0.533. The van der Waals surface area contributed by atoms with E-state index in [0.29, 0.717) is 0 Å². The Bertz CT molecular complexity index is 579. The molecule has 22 heavy (non-hydrogen) atoms. The van der Waals surface area contributed by atoms with Crippen LogP contribution in [0.2, 0.25) is 0 Å². The molecule has 0 heterocycles. The van der Waals surface area contributed by atoms with Crippen LogP contribution in [0.15, 0.2) is 30.3 Å². The summed E-state index contributed by atoms with van der Waals surface area (Å²) in [5.74, 6) is -0.209. The number of hydrogen-bond donors (Lipinski definition) is 2. The average Bonchev–Trinajstić information content (AvgIpc) is 2.34. The van der Waals surface area contributed by atoms with Crippen LogP contribution >= 0.6 is 0 Å². The summed E-state index contributed by atoms with van der Waals surface area (Å²) in [6.07, 6.45) is -0.627. The Morgan fingerprint density at radius 1 is 1.23 bits per heavy atom. The van der Waals surface area contributed by atoms with E-state index in [1.165, 1.54) is 0 Å². The van der Waals surface area contributed by atoms with Crippen LogP contribution in [0.25, 0.3) is 0 Å². The molecule has 1 aromatic carbocycles. The van der Waals surface area contributed by atoms with Crippen molar-refractivity contribution < 1.29 is 17.9 Å². The molecule has 1 amide bonds. The molecule has 0 aliphatic heterocycles. The van der Waals surface area contributed by atoms with Crippen molar-refractivity contribution in [2.75, 3.05) is 5.75 Å². The van der Waals surface area contributed by atoms with E-state index in [0.717, 1.165) is 5.56 Å². The van der Waals surface area contributed by atoms with Gasteiger partial charge in [0.2, 0.25) is 10.0 Å². The molecular weight excluding hydrogens is 304 g/mol. The Kier molecular flexibility index (Phi) is 6.37. The number of hydrogen-bond acceptors (Lipinski definition) is 4. The average molecular weight is 328 g/mol. The van der Waals surface area contributed by atoms with Gasteiger partial charge in [-0.2, -0.15) is 0 Å². The highest BCUT2D eigenvalue weighted by atomic mass is 32.2. The SMILES string of the molecule is C[C@@H](CS(=O)(=O)NCc1ccccc1)NC(=O)OC(C)(C)C. The van der Waals surface area contributed by atoms with E-state index in [2.05, 4.69) is 10.0 Å². The lowest BCUT2D eigenvalue weighted by Gasteiger charge is -2.22. The number of benzene rings is 1. The minimum absolute atomic E-state index is 0.209. The molecule has 1 aromatic rings. The molecule has 0 aliphatic rings. The van der Waals surface area contributed by atoms with Crippen molar-refractivity contribution in [1.82, 2.24) is 10.0 Å². The van der Waals surface area contributed by atoms with Gasteiger partial charge in [-0.05, 0) is 33.3 Å². The Balaban J connectivity index is 2.45. The van der Waals surface area contributed by atoms with Gasteiger partial charge in [0.05, 0.1) is 5.75 Å². The van der Waals surface area contributed by atoms with Crippen LogP contribution in [0.3, 0.4) is 0 Å². The van der Waals surface area contributed by atoms with Crippen molar-refractivity contribution in [3.8, 4) is 0 Å². The molecule has 124 valence electrons. The molecule has 2 N–H and O–H groups in total. The van der Waals surface area contributed by atoms with Crippen molar-refractivity contribution in [2.24, 2.45) is 0 Å². The van der Waals surface area contributed by atoms with Gasteiger partial charge in [-0.3, -0.25) is 0 Å². The predicted molar refractivity (Wildman–Crippen MR) is 85.9 cm³/mol. The molecule has 0 aromatic heterocycles. The van der Waals surface area contributed by atoms with E-state index >= 15 is 0 Å². The van der Waals surface area contributed by atoms with Crippen LogP contribution < -0.4 is 10.0 Å². The van der Waals surface area contributed by atoms with E-state index < -0.39 is 27.8 Å². The first-order chi connectivity index (χ1) is 10.1. The number of rotatable bonds is 6. The number of alkyl carbamates (subject to hydrolysis) is 1. The lowest BCUT2D eigenvalue weighted by molar-refractivity contribution is 0.0513. The first-order valence-electron chi connectivity index (χ1n) is 7.08. The minimum Gasteiger partial charge on any atom is -0.444 e. The summed E-state index contributed by atoms with van der Waals surface area (Å²) < 4.78 is 31.6. The summed E-state index contributed by atoms with van der Waals surface area (Å²) in [7, 11) is -3.49. The molecule has 0 saturated carbocycles. The molecule has 0 spiro atoms. The lowest BCUT2D eigenvalue weighted by atomic mass is 10.2. The van der Waals surface area contributed by atoms with E-state index in [1.54, 1.807) is 27.7 Å². The Morgan fingerprint density at radius 3 is 2.36 bits per heavy atom. The summed E-state index contributed by atoms with van der Waals surface area (Å²) in [6.45, 7) is 7.08. The van der Waals surface area contributed by atoms with E-state index in [4.69, 9.17) is 4.74 Å². The largest absolute Gasteiger partial charge is 0.444 e. The van der Waals surface area contributed by atoms with Crippen LogP contribution in [0, 0.1) is 0 Å². The third kappa shape index (κ3) is 7.99. The molecule has 0 bridgehead atoms. The molecule has 0 fully saturated rings. The molecule has 0 aliphatic carbocycles. The zero-order valence-electron chi connectivity index (χ0n) is 13.4. The summed E-state index contributed by atoms with van der Waals surface area (Å²) >= 11 is 0. The predicted octanol–water partition coefficient (Wildman–Crippen LogP) is 2.02. The topological polar surface area (TPSA) is 84.5 Å². The highest BCUT2D eigenvalue weighted by Gasteiger charge is 2.21. The fourth-order valence-electron chi connectivity index (χ4n) is 1.73. The van der Waals surface area contributed by atoms with Crippen molar-refractivity contribution in [2.45, 2.75) is 45.9 Å². The third-order valence-corrected chi connectivity index (χ3v) is 4.09. The van der Waals surface area contributed by atoms with Crippen molar-refractivity contribution in [3.63, 3.8) is 0 Å². The number of carbonyl (C=O) groups is 1. The summed E-state index contributed by atoms with van der Waals surface area (Å²) in [5, 5.41) is 2.51. The first kappa shape index (κ1) is 18.4. The smallest absolute Gasteiger partial charge is 0.407 e. The van der Waals surface area contributed by atoms with Crippen LogP contribution in [0.1, 0.15) is 33.3 Å². The van der Waals surface area contributed by atoms with Gasteiger partial charge in [0.1, 0.15) is 5.60 Å². The van der Waals surface area contributed by atoms with Gasteiger partial charge in [-0.1, -0.05) is 30.3 Å². The maximum absolute atomic E-state index is 12.0. The molecular formula is C15H24N2O4S. The molecule has 0 unspecified atom stereocenters. The molecule has 6 nitrogen and oxygen atoms in total. The van der Waals surface area contributed by atoms with Gasteiger partial charge in [0, 0.05) is 12.6 Å². The zero-order valence-corrected chi connectivity index (χ0v) is 14.2. The van der Waals surface area contributed by atoms with E-state index in [1.807, 2.05) is 30.3 Å². The highest BCUT2D eigenvalue weighted by Crippen LogP contribution is 2.07. The number of ether oxygens (including phenoxy) is 1. The van der Waals surface area contributed by atoms with Gasteiger partial charge in [0.15, 0.2) is 0 Å². The maximum atomic E-state index is 12.0. The van der Waals surface area contributed by atoms with Crippen LogP contribution in [0.5, 0.6) is 0 Å². The van der Waals surface area contributed by atoms with Gasteiger partial charge in [-0.15, -0.1) is 0 Å². The third-order valence-electron chi connectivity index (χ3n) is 2.57. The number of carbonyl (C=O) groups excluding carboxylic acids is 1.